The Bertz CT molecular complexity index is 882. The molecule has 1 fully saturated rings. The molecule has 0 aliphatic carbocycles. The second-order valence-corrected chi connectivity index (χ2v) is 11.2. The van der Waals surface area contributed by atoms with Gasteiger partial charge >= 0.3 is 0 Å². The standard InChI is InChI=1S/C29H42N4O2/c1-19(2)23-27(34)30-17-29(5,6)18-31-28(35)24(20(3)4)33-26(22-15-11-8-12-16-22)25(32-23)21-13-9-7-10-14-21/h7-16,19-20,23-26,32-33H,17-18H2,1-6H3,(H,30,34)(H,31,35)/t23-,24-,25+,26+/m0/s1. The van der Waals surface area contributed by atoms with Crippen molar-refractivity contribution in [1.82, 2.24) is 21.3 Å². The van der Waals surface area contributed by atoms with E-state index in [1.54, 1.807) is 0 Å². The summed E-state index contributed by atoms with van der Waals surface area (Å²) >= 11 is 0. The lowest BCUT2D eigenvalue weighted by Gasteiger charge is -2.36. The van der Waals surface area contributed by atoms with Crippen LogP contribution in [0.4, 0.5) is 0 Å². The van der Waals surface area contributed by atoms with E-state index in [1.165, 1.54) is 0 Å². The molecule has 3 rings (SSSR count). The third kappa shape index (κ3) is 7.15. The fraction of sp³-hybridized carbons (Fsp3) is 0.517. The topological polar surface area (TPSA) is 82.3 Å². The minimum Gasteiger partial charge on any atom is -0.354 e. The van der Waals surface area contributed by atoms with Crippen LogP contribution in [0.15, 0.2) is 60.7 Å². The number of amides is 2. The molecule has 2 aromatic rings. The fourth-order valence-corrected chi connectivity index (χ4v) is 4.55. The van der Waals surface area contributed by atoms with Crippen LogP contribution in [0.5, 0.6) is 0 Å². The Morgan fingerprint density at radius 3 is 1.31 bits per heavy atom. The predicted molar refractivity (Wildman–Crippen MR) is 142 cm³/mol. The van der Waals surface area contributed by atoms with Gasteiger partial charge in [-0.25, -0.2) is 0 Å². The largest absolute Gasteiger partial charge is 0.354 e. The van der Waals surface area contributed by atoms with E-state index in [1.807, 2.05) is 36.4 Å². The van der Waals surface area contributed by atoms with Gasteiger partial charge < -0.3 is 10.6 Å². The van der Waals surface area contributed by atoms with E-state index in [4.69, 9.17) is 0 Å². The van der Waals surface area contributed by atoms with Crippen molar-refractivity contribution in [2.24, 2.45) is 17.3 Å². The molecule has 0 bridgehead atoms. The molecule has 6 heteroatoms. The van der Waals surface area contributed by atoms with Crippen molar-refractivity contribution in [1.29, 1.82) is 0 Å². The Hall–Kier alpha value is -2.70. The van der Waals surface area contributed by atoms with Gasteiger partial charge in [0.2, 0.25) is 11.8 Å². The van der Waals surface area contributed by atoms with Crippen LogP contribution < -0.4 is 21.3 Å². The van der Waals surface area contributed by atoms with E-state index < -0.39 is 12.1 Å². The predicted octanol–water partition coefficient (Wildman–Crippen LogP) is 3.97. The summed E-state index contributed by atoms with van der Waals surface area (Å²) in [5.74, 6) is 0.108. The van der Waals surface area contributed by atoms with Crippen LogP contribution in [-0.2, 0) is 9.59 Å². The van der Waals surface area contributed by atoms with Crippen LogP contribution in [0.3, 0.4) is 0 Å². The molecule has 0 unspecified atom stereocenters. The molecular formula is C29H42N4O2. The smallest absolute Gasteiger partial charge is 0.237 e. The summed E-state index contributed by atoms with van der Waals surface area (Å²) < 4.78 is 0. The first-order chi connectivity index (χ1) is 16.6. The minimum absolute atomic E-state index is 0.0215. The maximum Gasteiger partial charge on any atom is 0.237 e. The molecule has 190 valence electrons. The molecule has 2 amide bonds. The lowest BCUT2D eigenvalue weighted by atomic mass is 9.89. The van der Waals surface area contributed by atoms with Gasteiger partial charge in [-0.15, -0.1) is 0 Å². The van der Waals surface area contributed by atoms with Gasteiger partial charge in [0.1, 0.15) is 0 Å². The number of hydrogen-bond acceptors (Lipinski definition) is 4. The van der Waals surface area contributed by atoms with Crippen LogP contribution in [0, 0.1) is 17.3 Å². The van der Waals surface area contributed by atoms with Crippen molar-refractivity contribution < 1.29 is 9.59 Å². The van der Waals surface area contributed by atoms with E-state index in [9.17, 15) is 9.59 Å². The van der Waals surface area contributed by atoms with Crippen LogP contribution >= 0.6 is 0 Å². The minimum atomic E-state index is -0.397. The summed E-state index contributed by atoms with van der Waals surface area (Å²) in [7, 11) is 0. The first kappa shape index (κ1) is 26.9. The average Bonchev–Trinajstić information content (AvgIpc) is 2.84. The first-order valence-corrected chi connectivity index (χ1v) is 12.8. The number of nitrogens with one attached hydrogen (secondary N) is 4. The maximum absolute atomic E-state index is 13.4. The molecule has 0 radical (unpaired) electrons. The summed E-state index contributed by atoms with van der Waals surface area (Å²) in [6.07, 6.45) is 0. The monoisotopic (exact) mass is 478 g/mol. The third-order valence-corrected chi connectivity index (χ3v) is 6.75. The zero-order valence-electron chi connectivity index (χ0n) is 22.0. The van der Waals surface area contributed by atoms with Crippen LogP contribution in [0.25, 0.3) is 0 Å². The van der Waals surface area contributed by atoms with Crippen LogP contribution in [-0.4, -0.2) is 37.0 Å². The van der Waals surface area contributed by atoms with Gasteiger partial charge in [0.15, 0.2) is 0 Å². The van der Waals surface area contributed by atoms with Crippen LogP contribution in [0.2, 0.25) is 0 Å². The van der Waals surface area contributed by atoms with Crippen molar-refractivity contribution in [2.45, 2.75) is 65.7 Å². The highest BCUT2D eigenvalue weighted by molar-refractivity contribution is 5.83. The average molecular weight is 479 g/mol. The maximum atomic E-state index is 13.4. The van der Waals surface area contributed by atoms with E-state index in [-0.39, 0.29) is 41.1 Å². The molecular weight excluding hydrogens is 436 g/mol. The van der Waals surface area contributed by atoms with E-state index in [2.05, 4.69) is 87.1 Å². The Balaban J connectivity index is 2.15. The molecule has 2 aromatic carbocycles. The highest BCUT2D eigenvalue weighted by atomic mass is 16.2. The molecule has 35 heavy (non-hydrogen) atoms. The van der Waals surface area contributed by atoms with Gasteiger partial charge in [-0.2, -0.15) is 0 Å². The molecule has 6 nitrogen and oxygen atoms in total. The van der Waals surface area contributed by atoms with Crippen molar-refractivity contribution in [3.63, 3.8) is 0 Å². The number of benzene rings is 2. The lowest BCUT2D eigenvalue weighted by molar-refractivity contribution is -0.125. The lowest BCUT2D eigenvalue weighted by Crippen LogP contribution is -2.53. The Morgan fingerprint density at radius 1 is 0.657 bits per heavy atom. The van der Waals surface area contributed by atoms with Gasteiger partial charge in [-0.05, 0) is 28.4 Å². The molecule has 0 saturated carbocycles. The van der Waals surface area contributed by atoms with Gasteiger partial charge in [0.05, 0.1) is 24.2 Å². The normalized spacial score (nSPS) is 26.3. The third-order valence-electron chi connectivity index (χ3n) is 6.75. The Labute approximate surface area is 210 Å². The summed E-state index contributed by atoms with van der Waals surface area (Å²) in [5, 5.41) is 13.7. The quantitative estimate of drug-likeness (QED) is 0.536. The van der Waals surface area contributed by atoms with E-state index >= 15 is 0 Å². The number of carbonyl (C=O) groups is 2. The SMILES string of the molecule is CC(C)[C@@H]1N[C@H](c2ccccc2)[C@@H](c2ccccc2)N[C@@H](C(C)C)C(=O)NCC(C)(C)CNC1=O. The second-order valence-electron chi connectivity index (χ2n) is 11.2. The summed E-state index contributed by atoms with van der Waals surface area (Å²) in [6.45, 7) is 13.3. The van der Waals surface area contributed by atoms with Gasteiger partial charge in [0, 0.05) is 13.1 Å². The Morgan fingerprint density at radius 2 is 1.00 bits per heavy atom. The van der Waals surface area contributed by atoms with Crippen molar-refractivity contribution in [3.8, 4) is 0 Å². The van der Waals surface area contributed by atoms with Gasteiger partial charge in [-0.1, -0.05) is 102 Å². The summed E-state index contributed by atoms with van der Waals surface area (Å²) in [5.41, 5.74) is 1.84. The highest BCUT2D eigenvalue weighted by Gasteiger charge is 2.36. The molecule has 4 N–H and O–H groups in total. The van der Waals surface area contributed by atoms with Crippen molar-refractivity contribution in [3.05, 3.63) is 71.8 Å². The van der Waals surface area contributed by atoms with Crippen molar-refractivity contribution in [2.75, 3.05) is 13.1 Å². The highest BCUT2D eigenvalue weighted by Crippen LogP contribution is 2.32. The molecule has 0 aromatic heterocycles. The van der Waals surface area contributed by atoms with E-state index in [0.29, 0.717) is 13.1 Å². The van der Waals surface area contributed by atoms with E-state index in [0.717, 1.165) is 11.1 Å². The van der Waals surface area contributed by atoms with Gasteiger partial charge in [-0.3, -0.25) is 20.2 Å². The van der Waals surface area contributed by atoms with Crippen LogP contribution in [0.1, 0.15) is 64.8 Å². The number of rotatable bonds is 4. The summed E-state index contributed by atoms with van der Waals surface area (Å²) in [4.78, 5) is 26.8. The van der Waals surface area contributed by atoms with Crippen molar-refractivity contribution >= 4 is 11.8 Å². The Kier molecular flexibility index (Phi) is 9.09. The molecule has 1 aliphatic heterocycles. The number of carbonyl (C=O) groups excluding carboxylic acids is 2. The molecule has 0 spiro atoms. The zero-order chi connectivity index (χ0) is 25.6. The second kappa shape index (κ2) is 11.8. The molecule has 1 saturated heterocycles. The number of hydrogen-bond donors (Lipinski definition) is 4. The molecule has 1 aliphatic rings. The first-order valence-electron chi connectivity index (χ1n) is 12.8. The zero-order valence-corrected chi connectivity index (χ0v) is 22.0. The van der Waals surface area contributed by atoms with Gasteiger partial charge in [0.25, 0.3) is 0 Å². The fourth-order valence-electron chi connectivity index (χ4n) is 4.55. The molecule has 4 atom stereocenters. The molecule has 1 heterocycles. The summed E-state index contributed by atoms with van der Waals surface area (Å²) in [6, 6.07) is 19.1.